The molecule has 1 amide bonds. The van der Waals surface area contributed by atoms with Crippen LogP contribution in [0.3, 0.4) is 0 Å². The number of carbonyl (C=O) groups is 1. The molecule has 142 valence electrons. The number of nitro groups is 1. The molecule has 1 heterocycles. The molecule has 1 fully saturated rings. The molecule has 0 radical (unpaired) electrons. The number of nitro benzene ring substituents is 1. The van der Waals surface area contributed by atoms with Crippen LogP contribution in [-0.4, -0.2) is 55.6 Å². The van der Waals surface area contributed by atoms with Gasteiger partial charge in [-0.25, -0.2) is 0 Å². The van der Waals surface area contributed by atoms with Gasteiger partial charge in [0.1, 0.15) is 11.5 Å². The first kappa shape index (κ1) is 18.5. The van der Waals surface area contributed by atoms with E-state index in [0.29, 0.717) is 18.8 Å². The molecule has 3 rings (SSSR count). The smallest absolute Gasteiger partial charge is 0.273 e. The Kier molecular flexibility index (Phi) is 5.75. The van der Waals surface area contributed by atoms with Gasteiger partial charge < -0.3 is 19.3 Å². The molecule has 0 saturated carbocycles. The number of ether oxygens (including phenoxy) is 2. The van der Waals surface area contributed by atoms with Gasteiger partial charge in [0.05, 0.1) is 18.1 Å². The summed E-state index contributed by atoms with van der Waals surface area (Å²) in [6, 6.07) is 13.7. The van der Waals surface area contributed by atoms with Crippen molar-refractivity contribution in [2.45, 2.75) is 0 Å². The monoisotopic (exact) mass is 371 g/mol. The van der Waals surface area contributed by atoms with E-state index in [0.717, 1.165) is 24.5 Å². The number of hydrogen-bond acceptors (Lipinski definition) is 6. The van der Waals surface area contributed by atoms with E-state index in [1.807, 2.05) is 24.3 Å². The van der Waals surface area contributed by atoms with Crippen molar-refractivity contribution in [3.8, 4) is 11.5 Å². The number of carbonyl (C=O) groups excluding carboxylic acids is 1. The van der Waals surface area contributed by atoms with Gasteiger partial charge in [0.2, 0.25) is 0 Å². The first-order chi connectivity index (χ1) is 13.1. The molecule has 2 aromatic rings. The van der Waals surface area contributed by atoms with E-state index in [4.69, 9.17) is 9.47 Å². The molecule has 0 unspecified atom stereocenters. The number of methoxy groups -OCH3 is 1. The van der Waals surface area contributed by atoms with Crippen molar-refractivity contribution in [2.75, 3.05) is 44.8 Å². The maximum absolute atomic E-state index is 12.4. The average molecular weight is 371 g/mol. The number of piperazine rings is 1. The lowest BCUT2D eigenvalue weighted by Crippen LogP contribution is -2.50. The number of rotatable bonds is 6. The zero-order valence-corrected chi connectivity index (χ0v) is 15.0. The van der Waals surface area contributed by atoms with Crippen LogP contribution >= 0.6 is 0 Å². The largest absolute Gasteiger partial charge is 0.497 e. The molecule has 1 aliphatic heterocycles. The van der Waals surface area contributed by atoms with Gasteiger partial charge in [-0.3, -0.25) is 14.9 Å². The van der Waals surface area contributed by atoms with Crippen molar-refractivity contribution in [1.82, 2.24) is 4.90 Å². The van der Waals surface area contributed by atoms with Crippen LogP contribution in [0.15, 0.2) is 48.5 Å². The molecule has 8 nitrogen and oxygen atoms in total. The molecule has 8 heteroatoms. The molecule has 0 aliphatic carbocycles. The Morgan fingerprint density at radius 3 is 2.48 bits per heavy atom. The van der Waals surface area contributed by atoms with Crippen molar-refractivity contribution in [1.29, 1.82) is 0 Å². The van der Waals surface area contributed by atoms with Gasteiger partial charge in [-0.15, -0.1) is 0 Å². The molecule has 1 saturated heterocycles. The number of nitrogens with zero attached hydrogens (tertiary/aromatic N) is 3. The topological polar surface area (TPSA) is 85.2 Å². The second kappa shape index (κ2) is 8.39. The Morgan fingerprint density at radius 1 is 1.07 bits per heavy atom. The fourth-order valence-electron chi connectivity index (χ4n) is 2.94. The Morgan fingerprint density at radius 2 is 1.78 bits per heavy atom. The SMILES string of the molecule is COc1cccc(N2CCN(C(=O)COc3cccc([N+](=O)[O-])c3)CC2)c1. The van der Waals surface area contributed by atoms with Gasteiger partial charge in [-0.1, -0.05) is 12.1 Å². The third-order valence-corrected chi connectivity index (χ3v) is 4.44. The van der Waals surface area contributed by atoms with Crippen molar-refractivity contribution in [3.05, 3.63) is 58.6 Å². The minimum absolute atomic E-state index is 0.0631. The number of non-ortho nitro benzene ring substituents is 1. The zero-order chi connectivity index (χ0) is 19.2. The predicted molar refractivity (Wildman–Crippen MR) is 100 cm³/mol. The van der Waals surface area contributed by atoms with Crippen LogP contribution in [0, 0.1) is 10.1 Å². The predicted octanol–water partition coefficient (Wildman–Crippen LogP) is 2.33. The van der Waals surface area contributed by atoms with Gasteiger partial charge in [0.25, 0.3) is 11.6 Å². The van der Waals surface area contributed by atoms with E-state index in [1.165, 1.54) is 18.2 Å². The quantitative estimate of drug-likeness (QED) is 0.572. The Balaban J connectivity index is 1.51. The molecule has 27 heavy (non-hydrogen) atoms. The minimum atomic E-state index is -0.494. The fourth-order valence-corrected chi connectivity index (χ4v) is 2.94. The van der Waals surface area contributed by atoms with Crippen LogP contribution in [0.5, 0.6) is 11.5 Å². The maximum Gasteiger partial charge on any atom is 0.273 e. The molecule has 2 aromatic carbocycles. The van der Waals surface area contributed by atoms with Gasteiger partial charge in [0.15, 0.2) is 6.61 Å². The maximum atomic E-state index is 12.4. The molecule has 0 spiro atoms. The number of anilines is 1. The first-order valence-electron chi connectivity index (χ1n) is 8.61. The lowest BCUT2D eigenvalue weighted by Gasteiger charge is -2.36. The number of amides is 1. The van der Waals surface area contributed by atoms with Crippen LogP contribution in [-0.2, 0) is 4.79 Å². The molecule has 0 N–H and O–H groups in total. The van der Waals surface area contributed by atoms with Crippen LogP contribution in [0.1, 0.15) is 0 Å². The Bertz CT molecular complexity index is 818. The highest BCUT2D eigenvalue weighted by Gasteiger charge is 2.22. The van der Waals surface area contributed by atoms with E-state index in [2.05, 4.69) is 4.90 Å². The van der Waals surface area contributed by atoms with Crippen LogP contribution in [0.4, 0.5) is 11.4 Å². The van der Waals surface area contributed by atoms with Gasteiger partial charge >= 0.3 is 0 Å². The summed E-state index contributed by atoms with van der Waals surface area (Å²) in [5.74, 6) is 0.982. The standard InChI is InChI=1S/C19H21N3O5/c1-26-17-6-2-4-15(12-17)20-8-10-21(11-9-20)19(23)14-27-18-7-3-5-16(13-18)22(24)25/h2-7,12-13H,8-11,14H2,1H3. The summed E-state index contributed by atoms with van der Waals surface area (Å²) in [6.07, 6.45) is 0. The Hall–Kier alpha value is -3.29. The van der Waals surface area contributed by atoms with E-state index in [-0.39, 0.29) is 18.2 Å². The molecule has 0 aromatic heterocycles. The van der Waals surface area contributed by atoms with Gasteiger partial charge in [0, 0.05) is 44.0 Å². The number of benzene rings is 2. The third kappa shape index (κ3) is 4.66. The average Bonchev–Trinajstić information content (AvgIpc) is 2.72. The van der Waals surface area contributed by atoms with E-state index in [1.54, 1.807) is 18.1 Å². The van der Waals surface area contributed by atoms with Crippen molar-refractivity contribution in [2.24, 2.45) is 0 Å². The summed E-state index contributed by atoms with van der Waals surface area (Å²) < 4.78 is 10.7. The lowest BCUT2D eigenvalue weighted by atomic mass is 10.2. The van der Waals surface area contributed by atoms with Crippen molar-refractivity contribution in [3.63, 3.8) is 0 Å². The zero-order valence-electron chi connectivity index (χ0n) is 15.0. The van der Waals surface area contributed by atoms with E-state index < -0.39 is 4.92 Å². The summed E-state index contributed by atoms with van der Waals surface area (Å²) in [7, 11) is 1.64. The van der Waals surface area contributed by atoms with Gasteiger partial charge in [-0.05, 0) is 18.2 Å². The fraction of sp³-hybridized carbons (Fsp3) is 0.316. The summed E-state index contributed by atoms with van der Waals surface area (Å²) in [5, 5.41) is 10.8. The molecule has 1 aliphatic rings. The van der Waals surface area contributed by atoms with Crippen molar-refractivity contribution >= 4 is 17.3 Å². The van der Waals surface area contributed by atoms with Crippen LogP contribution in [0.2, 0.25) is 0 Å². The molecular formula is C19H21N3O5. The molecule has 0 atom stereocenters. The van der Waals surface area contributed by atoms with Gasteiger partial charge in [-0.2, -0.15) is 0 Å². The third-order valence-electron chi connectivity index (χ3n) is 4.44. The number of hydrogen-bond donors (Lipinski definition) is 0. The first-order valence-corrected chi connectivity index (χ1v) is 8.61. The summed E-state index contributed by atoms with van der Waals surface area (Å²) >= 11 is 0. The molecular weight excluding hydrogens is 350 g/mol. The summed E-state index contributed by atoms with van der Waals surface area (Å²) in [5.41, 5.74) is 1.00. The highest BCUT2D eigenvalue weighted by Crippen LogP contribution is 2.22. The Labute approximate surface area is 157 Å². The van der Waals surface area contributed by atoms with Crippen LogP contribution in [0.25, 0.3) is 0 Å². The second-order valence-electron chi connectivity index (χ2n) is 6.11. The summed E-state index contributed by atoms with van der Waals surface area (Å²) in [4.78, 5) is 26.6. The minimum Gasteiger partial charge on any atom is -0.497 e. The lowest BCUT2D eigenvalue weighted by molar-refractivity contribution is -0.384. The highest BCUT2D eigenvalue weighted by molar-refractivity contribution is 5.78. The van der Waals surface area contributed by atoms with Crippen molar-refractivity contribution < 1.29 is 19.2 Å². The molecule has 0 bridgehead atoms. The van der Waals surface area contributed by atoms with E-state index in [9.17, 15) is 14.9 Å². The van der Waals surface area contributed by atoms with Crippen LogP contribution < -0.4 is 14.4 Å². The normalized spacial score (nSPS) is 14.0. The second-order valence-corrected chi connectivity index (χ2v) is 6.11. The highest BCUT2D eigenvalue weighted by atomic mass is 16.6. The van der Waals surface area contributed by atoms with E-state index >= 15 is 0 Å². The summed E-state index contributed by atoms with van der Waals surface area (Å²) in [6.45, 7) is 2.48.